The van der Waals surface area contributed by atoms with Gasteiger partial charge in [-0.2, -0.15) is 5.26 Å². The van der Waals surface area contributed by atoms with Crippen LogP contribution in [0.15, 0.2) is 18.2 Å². The normalized spacial score (nSPS) is 19.0. The number of aliphatic hydroxyl groups excluding tert-OH is 1. The molecule has 98 valence electrons. The first kappa shape index (κ1) is 13.1. The number of benzene rings is 1. The van der Waals surface area contributed by atoms with Crippen molar-refractivity contribution < 1.29 is 14.7 Å². The molecule has 0 aliphatic carbocycles. The van der Waals surface area contributed by atoms with Crippen molar-refractivity contribution in [3.05, 3.63) is 29.3 Å². The van der Waals surface area contributed by atoms with Gasteiger partial charge in [-0.3, -0.25) is 14.9 Å². The summed E-state index contributed by atoms with van der Waals surface area (Å²) in [5.41, 5.74) is 1.47. The molecule has 0 radical (unpaired) electrons. The maximum Gasteiger partial charge on any atom is 0.249 e. The second-order valence-electron chi connectivity index (χ2n) is 4.34. The van der Waals surface area contributed by atoms with Crippen LogP contribution in [-0.4, -0.2) is 29.5 Å². The molecule has 6 heteroatoms. The zero-order chi connectivity index (χ0) is 14.0. The van der Waals surface area contributed by atoms with Gasteiger partial charge in [0, 0.05) is 0 Å². The number of amides is 2. The molecule has 0 saturated carbocycles. The second kappa shape index (κ2) is 5.08. The van der Waals surface area contributed by atoms with E-state index < -0.39 is 11.9 Å². The number of anilines is 1. The number of nitriles is 1. The smallest absolute Gasteiger partial charge is 0.249 e. The van der Waals surface area contributed by atoms with Crippen LogP contribution in [0.1, 0.15) is 18.1 Å². The van der Waals surface area contributed by atoms with Crippen LogP contribution in [0.2, 0.25) is 0 Å². The van der Waals surface area contributed by atoms with Gasteiger partial charge >= 0.3 is 0 Å². The van der Waals surface area contributed by atoms with E-state index in [0.29, 0.717) is 16.8 Å². The highest BCUT2D eigenvalue weighted by molar-refractivity contribution is 6.04. The maximum absolute atomic E-state index is 11.6. The molecule has 6 nitrogen and oxygen atoms in total. The van der Waals surface area contributed by atoms with E-state index in [2.05, 4.69) is 5.32 Å². The van der Waals surface area contributed by atoms with Crippen molar-refractivity contribution in [3.63, 3.8) is 0 Å². The highest BCUT2D eigenvalue weighted by atomic mass is 16.3. The van der Waals surface area contributed by atoms with E-state index in [4.69, 9.17) is 10.4 Å². The number of piperazine rings is 1. The van der Waals surface area contributed by atoms with E-state index in [1.54, 1.807) is 30.0 Å². The van der Waals surface area contributed by atoms with Gasteiger partial charge in [-0.1, -0.05) is 6.07 Å². The average Bonchev–Trinajstić information content (AvgIpc) is 2.42. The number of nitrogens with one attached hydrogen (secondary N) is 1. The van der Waals surface area contributed by atoms with Gasteiger partial charge in [0.05, 0.1) is 24.4 Å². The standard InChI is InChI=1S/C13H13N3O3/c1-8-13(19)15-12(18)6-16(8)11-3-2-9(7-17)4-10(11)5-14/h2-4,8,17H,6-7H2,1H3,(H,15,18,19). The Morgan fingerprint density at radius 2 is 2.26 bits per heavy atom. The van der Waals surface area contributed by atoms with Gasteiger partial charge in [0.2, 0.25) is 11.8 Å². The Kier molecular flexibility index (Phi) is 3.49. The molecule has 1 aliphatic heterocycles. The fourth-order valence-electron chi connectivity index (χ4n) is 2.03. The van der Waals surface area contributed by atoms with Crippen molar-refractivity contribution >= 4 is 17.5 Å². The average molecular weight is 259 g/mol. The molecule has 0 aromatic heterocycles. The zero-order valence-corrected chi connectivity index (χ0v) is 10.4. The Labute approximate surface area is 110 Å². The first-order chi connectivity index (χ1) is 9.06. The molecule has 2 rings (SSSR count). The SMILES string of the molecule is CC1C(=O)NC(=O)CN1c1ccc(CO)cc1C#N. The predicted molar refractivity (Wildman–Crippen MR) is 67.0 cm³/mol. The third-order valence-electron chi connectivity index (χ3n) is 3.10. The van der Waals surface area contributed by atoms with E-state index in [1.807, 2.05) is 6.07 Å². The summed E-state index contributed by atoms with van der Waals surface area (Å²) < 4.78 is 0. The summed E-state index contributed by atoms with van der Waals surface area (Å²) in [6.07, 6.45) is 0. The molecule has 1 fully saturated rings. The lowest BCUT2D eigenvalue weighted by atomic mass is 10.1. The Bertz CT molecular complexity index is 577. The van der Waals surface area contributed by atoms with Gasteiger partial charge in [0.1, 0.15) is 12.1 Å². The molecule has 1 atom stereocenters. The summed E-state index contributed by atoms with van der Waals surface area (Å²) in [7, 11) is 0. The molecule has 1 unspecified atom stereocenters. The Morgan fingerprint density at radius 1 is 1.53 bits per heavy atom. The molecule has 0 spiro atoms. The lowest BCUT2D eigenvalue weighted by Crippen LogP contribution is -2.57. The highest BCUT2D eigenvalue weighted by Gasteiger charge is 2.31. The molecule has 1 aromatic carbocycles. The maximum atomic E-state index is 11.6. The third-order valence-corrected chi connectivity index (χ3v) is 3.10. The molecule has 19 heavy (non-hydrogen) atoms. The van der Waals surface area contributed by atoms with Crippen molar-refractivity contribution in [2.24, 2.45) is 0 Å². The van der Waals surface area contributed by atoms with E-state index >= 15 is 0 Å². The number of hydrogen-bond acceptors (Lipinski definition) is 5. The highest BCUT2D eigenvalue weighted by Crippen LogP contribution is 2.24. The van der Waals surface area contributed by atoms with Gasteiger partial charge in [-0.25, -0.2) is 0 Å². The van der Waals surface area contributed by atoms with Crippen LogP contribution in [0.5, 0.6) is 0 Å². The zero-order valence-electron chi connectivity index (χ0n) is 10.4. The lowest BCUT2D eigenvalue weighted by Gasteiger charge is -2.34. The van der Waals surface area contributed by atoms with E-state index in [9.17, 15) is 9.59 Å². The summed E-state index contributed by atoms with van der Waals surface area (Å²) >= 11 is 0. The van der Waals surface area contributed by atoms with Crippen molar-refractivity contribution in [1.82, 2.24) is 5.32 Å². The van der Waals surface area contributed by atoms with Crippen molar-refractivity contribution in [2.45, 2.75) is 19.6 Å². The first-order valence-corrected chi connectivity index (χ1v) is 5.81. The third kappa shape index (κ3) is 2.41. The first-order valence-electron chi connectivity index (χ1n) is 5.81. The number of carbonyl (C=O) groups is 2. The van der Waals surface area contributed by atoms with Crippen LogP contribution < -0.4 is 10.2 Å². The van der Waals surface area contributed by atoms with Crippen molar-refractivity contribution in [1.29, 1.82) is 5.26 Å². The number of aliphatic hydroxyl groups is 1. The summed E-state index contributed by atoms with van der Waals surface area (Å²) in [4.78, 5) is 24.6. The Balaban J connectivity index is 2.43. The molecule has 2 amide bonds. The predicted octanol–water partition coefficient (Wildman–Crippen LogP) is -0.0981. The largest absolute Gasteiger partial charge is 0.392 e. The van der Waals surface area contributed by atoms with Crippen LogP contribution in [0.4, 0.5) is 5.69 Å². The molecular formula is C13H13N3O3. The molecule has 2 N–H and O–H groups in total. The number of imide groups is 1. The van der Waals surface area contributed by atoms with Crippen LogP contribution in [-0.2, 0) is 16.2 Å². The molecule has 1 aromatic rings. The molecular weight excluding hydrogens is 246 g/mol. The van der Waals surface area contributed by atoms with E-state index in [-0.39, 0.29) is 19.1 Å². The summed E-state index contributed by atoms with van der Waals surface area (Å²) in [5, 5.41) is 20.4. The summed E-state index contributed by atoms with van der Waals surface area (Å²) in [6.45, 7) is 1.53. The van der Waals surface area contributed by atoms with Gasteiger partial charge in [-0.15, -0.1) is 0 Å². The number of hydrogen-bond donors (Lipinski definition) is 2. The van der Waals surface area contributed by atoms with Crippen LogP contribution in [0, 0.1) is 11.3 Å². The topological polar surface area (TPSA) is 93.4 Å². The fraction of sp³-hybridized carbons (Fsp3) is 0.308. The summed E-state index contributed by atoms with van der Waals surface area (Å²) in [5.74, 6) is -0.774. The monoisotopic (exact) mass is 259 g/mol. The van der Waals surface area contributed by atoms with E-state index in [1.165, 1.54) is 0 Å². The van der Waals surface area contributed by atoms with Gasteiger partial charge in [-0.05, 0) is 24.6 Å². The lowest BCUT2D eigenvalue weighted by molar-refractivity contribution is -0.132. The second-order valence-corrected chi connectivity index (χ2v) is 4.34. The van der Waals surface area contributed by atoms with Gasteiger partial charge in [0.25, 0.3) is 0 Å². The minimum absolute atomic E-state index is 0.0278. The van der Waals surface area contributed by atoms with Crippen molar-refractivity contribution in [3.8, 4) is 6.07 Å². The van der Waals surface area contributed by atoms with Crippen molar-refractivity contribution in [2.75, 3.05) is 11.4 Å². The molecule has 1 aliphatic rings. The number of rotatable bonds is 2. The van der Waals surface area contributed by atoms with E-state index in [0.717, 1.165) is 0 Å². The molecule has 1 saturated heterocycles. The fourth-order valence-corrected chi connectivity index (χ4v) is 2.03. The quantitative estimate of drug-likeness (QED) is 0.723. The Morgan fingerprint density at radius 3 is 2.89 bits per heavy atom. The number of nitrogens with zero attached hydrogens (tertiary/aromatic N) is 2. The van der Waals surface area contributed by atoms with Crippen LogP contribution in [0.25, 0.3) is 0 Å². The summed E-state index contributed by atoms with van der Waals surface area (Å²) in [6, 6.07) is 6.37. The molecule has 0 bridgehead atoms. The number of carbonyl (C=O) groups excluding carboxylic acids is 2. The van der Waals surface area contributed by atoms with Crippen LogP contribution in [0.3, 0.4) is 0 Å². The van der Waals surface area contributed by atoms with Gasteiger partial charge < -0.3 is 10.0 Å². The minimum atomic E-state index is -0.523. The Hall–Kier alpha value is -2.39. The minimum Gasteiger partial charge on any atom is -0.392 e. The van der Waals surface area contributed by atoms with Crippen LogP contribution >= 0.6 is 0 Å². The van der Waals surface area contributed by atoms with Gasteiger partial charge in [0.15, 0.2) is 0 Å². The molecule has 1 heterocycles.